The number of nitrogens with two attached hydrogens (primary N) is 1. The van der Waals surface area contributed by atoms with Crippen molar-refractivity contribution in [3.05, 3.63) is 53.6 Å². The summed E-state index contributed by atoms with van der Waals surface area (Å²) in [5.41, 5.74) is 8.69. The van der Waals surface area contributed by atoms with Gasteiger partial charge in [0, 0.05) is 11.8 Å². The summed E-state index contributed by atoms with van der Waals surface area (Å²) in [6.45, 7) is 4.39. The molecule has 0 aliphatic heterocycles. The summed E-state index contributed by atoms with van der Waals surface area (Å²) >= 11 is 0. The lowest BCUT2D eigenvalue weighted by atomic mass is 10.0. The number of nitrogens with one attached hydrogen (secondary N) is 1. The second-order valence-electron chi connectivity index (χ2n) is 6.29. The number of aliphatic hydroxyl groups is 1. The van der Waals surface area contributed by atoms with Gasteiger partial charge in [0.1, 0.15) is 11.5 Å². The van der Waals surface area contributed by atoms with Gasteiger partial charge in [-0.05, 0) is 41.3 Å². The van der Waals surface area contributed by atoms with Gasteiger partial charge in [-0.3, -0.25) is 4.99 Å². The summed E-state index contributed by atoms with van der Waals surface area (Å²) in [6, 6.07) is 13.3. The van der Waals surface area contributed by atoms with Gasteiger partial charge in [0.25, 0.3) is 0 Å². The first-order chi connectivity index (χ1) is 12.4. The van der Waals surface area contributed by atoms with Gasteiger partial charge < -0.3 is 25.6 Å². The third-order valence-electron chi connectivity index (χ3n) is 4.02. The molecular weight excluding hydrogens is 457 g/mol. The van der Waals surface area contributed by atoms with Crippen LogP contribution in [0.25, 0.3) is 0 Å². The number of aliphatic hydroxyl groups excluding tert-OH is 1. The average molecular weight is 485 g/mol. The Kier molecular flexibility index (Phi) is 9.37. The number of anilines is 1. The zero-order valence-electron chi connectivity index (χ0n) is 16.1. The molecule has 2 aromatic rings. The predicted octanol–water partition coefficient (Wildman–Crippen LogP) is 3.91. The Morgan fingerprint density at radius 1 is 1.07 bits per heavy atom. The summed E-state index contributed by atoms with van der Waals surface area (Å²) in [5.74, 6) is 1.90. The lowest BCUT2D eigenvalue weighted by molar-refractivity contribution is 0.186. The Balaban J connectivity index is 0.00000364. The molecule has 7 heteroatoms. The van der Waals surface area contributed by atoms with E-state index in [1.807, 2.05) is 18.2 Å². The lowest BCUT2D eigenvalue weighted by Crippen LogP contribution is -2.23. The molecule has 0 aromatic heterocycles. The number of aliphatic imine (C=N–C) groups is 1. The van der Waals surface area contributed by atoms with Crippen LogP contribution in [0, 0.1) is 0 Å². The Bertz CT molecular complexity index is 744. The molecule has 0 spiro atoms. The molecule has 0 aliphatic carbocycles. The maximum absolute atomic E-state index is 10.4. The Hall–Kier alpha value is -2.00. The van der Waals surface area contributed by atoms with Crippen molar-refractivity contribution < 1.29 is 14.6 Å². The van der Waals surface area contributed by atoms with E-state index in [1.165, 1.54) is 5.56 Å². The zero-order valence-corrected chi connectivity index (χ0v) is 18.4. The molecule has 0 fully saturated rings. The number of hydrogen-bond acceptors (Lipinski definition) is 4. The molecule has 1 unspecified atom stereocenters. The van der Waals surface area contributed by atoms with Crippen molar-refractivity contribution >= 4 is 35.6 Å². The van der Waals surface area contributed by atoms with Gasteiger partial charge in [-0.25, -0.2) is 0 Å². The number of hydrogen-bond donors (Lipinski definition) is 3. The molecule has 0 radical (unpaired) electrons. The van der Waals surface area contributed by atoms with Gasteiger partial charge in [0.05, 0.1) is 26.9 Å². The molecule has 0 saturated heterocycles. The zero-order chi connectivity index (χ0) is 19.1. The molecule has 0 saturated carbocycles. The molecule has 2 aromatic carbocycles. The van der Waals surface area contributed by atoms with Crippen LogP contribution in [-0.2, 0) is 0 Å². The fourth-order valence-corrected chi connectivity index (χ4v) is 2.48. The van der Waals surface area contributed by atoms with E-state index in [0.29, 0.717) is 23.0 Å². The minimum Gasteiger partial charge on any atom is -0.497 e. The van der Waals surface area contributed by atoms with Crippen LogP contribution in [0.5, 0.6) is 11.5 Å². The van der Waals surface area contributed by atoms with E-state index in [-0.39, 0.29) is 36.5 Å². The van der Waals surface area contributed by atoms with Crippen LogP contribution in [0.4, 0.5) is 5.69 Å². The van der Waals surface area contributed by atoms with Gasteiger partial charge in [0.2, 0.25) is 0 Å². The highest BCUT2D eigenvalue weighted by atomic mass is 127. The smallest absolute Gasteiger partial charge is 0.193 e. The largest absolute Gasteiger partial charge is 0.497 e. The fraction of sp³-hybridized carbons (Fsp3) is 0.350. The van der Waals surface area contributed by atoms with Crippen molar-refractivity contribution in [1.29, 1.82) is 0 Å². The Morgan fingerprint density at radius 3 is 2.26 bits per heavy atom. The van der Waals surface area contributed by atoms with Crippen molar-refractivity contribution in [2.24, 2.45) is 10.7 Å². The average Bonchev–Trinajstić information content (AvgIpc) is 2.65. The van der Waals surface area contributed by atoms with Crippen LogP contribution >= 0.6 is 24.0 Å². The predicted molar refractivity (Wildman–Crippen MR) is 121 cm³/mol. The number of methoxy groups -OCH3 is 2. The summed E-state index contributed by atoms with van der Waals surface area (Å²) in [7, 11) is 3.13. The minimum absolute atomic E-state index is 0. The van der Waals surface area contributed by atoms with E-state index in [2.05, 4.69) is 30.2 Å². The molecule has 0 aliphatic rings. The van der Waals surface area contributed by atoms with Gasteiger partial charge in [-0.15, -0.1) is 24.0 Å². The number of rotatable bonds is 7. The lowest BCUT2D eigenvalue weighted by Gasteiger charge is -2.13. The Labute approximate surface area is 177 Å². The highest BCUT2D eigenvalue weighted by molar-refractivity contribution is 14.0. The number of benzene rings is 2. The van der Waals surface area contributed by atoms with E-state index in [4.69, 9.17) is 15.2 Å². The summed E-state index contributed by atoms with van der Waals surface area (Å²) < 4.78 is 10.4. The standard InChI is InChI=1S/C20H27N3O3.HI/c1-13(2)14-6-5-7-16(8-14)23-20(21)22-12-19(24)15-9-17(25-3)11-18(10-15)26-4;/h5-11,13,19,24H,12H2,1-4H3,(H3,21,22,23);1H. The normalized spacial score (nSPS) is 12.3. The molecule has 4 N–H and O–H groups in total. The van der Waals surface area contributed by atoms with Crippen LogP contribution in [0.2, 0.25) is 0 Å². The van der Waals surface area contributed by atoms with E-state index in [9.17, 15) is 5.11 Å². The van der Waals surface area contributed by atoms with E-state index >= 15 is 0 Å². The van der Waals surface area contributed by atoms with E-state index < -0.39 is 6.10 Å². The number of halogens is 1. The first kappa shape index (κ1) is 23.0. The second kappa shape index (κ2) is 11.0. The third kappa shape index (κ3) is 6.91. The SMILES string of the molecule is COc1cc(OC)cc(C(O)CN=C(N)Nc2cccc(C(C)C)c2)c1.I. The monoisotopic (exact) mass is 485 g/mol. The molecule has 0 heterocycles. The van der Waals surface area contributed by atoms with Crippen molar-refractivity contribution in [1.82, 2.24) is 0 Å². The van der Waals surface area contributed by atoms with E-state index in [0.717, 1.165) is 5.69 Å². The minimum atomic E-state index is -0.818. The Morgan fingerprint density at radius 2 is 1.70 bits per heavy atom. The van der Waals surface area contributed by atoms with Crippen LogP contribution in [0.15, 0.2) is 47.5 Å². The number of nitrogens with zero attached hydrogens (tertiary/aromatic N) is 1. The fourth-order valence-electron chi connectivity index (χ4n) is 2.48. The van der Waals surface area contributed by atoms with Crippen LogP contribution in [0.1, 0.15) is 37.0 Å². The van der Waals surface area contributed by atoms with Gasteiger partial charge >= 0.3 is 0 Å². The topological polar surface area (TPSA) is 89.1 Å². The van der Waals surface area contributed by atoms with Gasteiger partial charge in [-0.2, -0.15) is 0 Å². The maximum Gasteiger partial charge on any atom is 0.193 e. The summed E-state index contributed by atoms with van der Waals surface area (Å²) in [6.07, 6.45) is -0.818. The van der Waals surface area contributed by atoms with Crippen molar-refractivity contribution in [3.63, 3.8) is 0 Å². The number of guanidine groups is 1. The second-order valence-corrected chi connectivity index (χ2v) is 6.29. The first-order valence-corrected chi connectivity index (χ1v) is 8.51. The maximum atomic E-state index is 10.4. The molecule has 2 rings (SSSR count). The quantitative estimate of drug-likeness (QED) is 0.315. The number of ether oxygens (including phenoxy) is 2. The molecule has 0 bridgehead atoms. The van der Waals surface area contributed by atoms with Crippen LogP contribution in [0.3, 0.4) is 0 Å². The molecular formula is C20H28IN3O3. The highest BCUT2D eigenvalue weighted by Crippen LogP contribution is 2.26. The molecule has 6 nitrogen and oxygen atoms in total. The molecule has 1 atom stereocenters. The molecule has 148 valence electrons. The highest BCUT2D eigenvalue weighted by Gasteiger charge is 2.11. The van der Waals surface area contributed by atoms with Crippen molar-refractivity contribution in [2.45, 2.75) is 25.9 Å². The summed E-state index contributed by atoms with van der Waals surface area (Å²) in [4.78, 5) is 4.23. The van der Waals surface area contributed by atoms with Gasteiger partial charge in [-0.1, -0.05) is 26.0 Å². The van der Waals surface area contributed by atoms with Crippen molar-refractivity contribution in [2.75, 3.05) is 26.1 Å². The summed E-state index contributed by atoms with van der Waals surface area (Å²) in [5, 5.41) is 13.4. The molecule has 27 heavy (non-hydrogen) atoms. The van der Waals surface area contributed by atoms with Gasteiger partial charge in [0.15, 0.2) is 5.96 Å². The van der Waals surface area contributed by atoms with Crippen LogP contribution < -0.4 is 20.5 Å². The van der Waals surface area contributed by atoms with Crippen LogP contribution in [-0.4, -0.2) is 31.8 Å². The first-order valence-electron chi connectivity index (χ1n) is 8.51. The van der Waals surface area contributed by atoms with E-state index in [1.54, 1.807) is 32.4 Å². The third-order valence-corrected chi connectivity index (χ3v) is 4.02. The van der Waals surface area contributed by atoms with Crippen molar-refractivity contribution in [3.8, 4) is 11.5 Å². The molecule has 0 amide bonds.